The lowest BCUT2D eigenvalue weighted by molar-refractivity contribution is 0.402. The maximum absolute atomic E-state index is 2.43. The minimum Gasteiger partial charge on any atom is -0.305 e. The lowest BCUT2D eigenvalue weighted by Crippen LogP contribution is -2.28. The van der Waals surface area contributed by atoms with Crippen LogP contribution in [0.5, 0.6) is 0 Å². The first-order valence-electron chi connectivity index (χ1n) is 10.2. The predicted octanol–water partition coefficient (Wildman–Crippen LogP) is 6.11. The standard InChI is InChI=1S/C28H25N/c1-29(2)20-21-17-18-25-24-15-9-10-16-26(24)28(27(25)19-21,22-11-5-3-6-12-22)23-13-7-4-8-14-23/h3-19H,20H2,1-2H3. The van der Waals surface area contributed by atoms with Gasteiger partial charge < -0.3 is 4.90 Å². The number of hydrogen-bond acceptors (Lipinski definition) is 1. The summed E-state index contributed by atoms with van der Waals surface area (Å²) < 4.78 is 0. The van der Waals surface area contributed by atoms with Crippen molar-refractivity contribution in [2.75, 3.05) is 14.1 Å². The molecule has 0 unspecified atom stereocenters. The molecule has 0 aliphatic heterocycles. The number of hydrogen-bond donors (Lipinski definition) is 0. The van der Waals surface area contributed by atoms with Gasteiger partial charge in [-0.05, 0) is 53.0 Å². The second-order valence-electron chi connectivity index (χ2n) is 8.15. The molecular formula is C28H25N. The average molecular weight is 376 g/mol. The number of nitrogens with zero attached hydrogens (tertiary/aromatic N) is 1. The Hall–Kier alpha value is -3.16. The van der Waals surface area contributed by atoms with E-state index in [1.54, 1.807) is 0 Å². The van der Waals surface area contributed by atoms with Gasteiger partial charge in [0.25, 0.3) is 0 Å². The molecule has 4 aromatic carbocycles. The van der Waals surface area contributed by atoms with E-state index >= 15 is 0 Å². The normalized spacial score (nSPS) is 13.9. The van der Waals surface area contributed by atoms with Crippen LogP contribution in [-0.2, 0) is 12.0 Å². The summed E-state index contributed by atoms with van der Waals surface area (Å²) >= 11 is 0. The highest BCUT2D eigenvalue weighted by Crippen LogP contribution is 2.56. The van der Waals surface area contributed by atoms with Crippen LogP contribution >= 0.6 is 0 Å². The van der Waals surface area contributed by atoms with Crippen molar-refractivity contribution in [2.24, 2.45) is 0 Å². The minimum atomic E-state index is -0.295. The van der Waals surface area contributed by atoms with Crippen LogP contribution in [0.25, 0.3) is 11.1 Å². The Morgan fingerprint density at radius 3 is 1.76 bits per heavy atom. The van der Waals surface area contributed by atoms with Crippen molar-refractivity contribution < 1.29 is 0 Å². The van der Waals surface area contributed by atoms with Crippen LogP contribution in [0.2, 0.25) is 0 Å². The van der Waals surface area contributed by atoms with E-state index in [0.29, 0.717) is 0 Å². The van der Waals surface area contributed by atoms with E-state index < -0.39 is 0 Å². The Labute approximate surface area is 173 Å². The molecule has 4 aromatic rings. The molecule has 0 saturated carbocycles. The van der Waals surface area contributed by atoms with Crippen molar-refractivity contribution in [1.29, 1.82) is 0 Å². The van der Waals surface area contributed by atoms with E-state index in [1.807, 2.05) is 0 Å². The van der Waals surface area contributed by atoms with Gasteiger partial charge in [-0.15, -0.1) is 0 Å². The van der Waals surface area contributed by atoms with Crippen LogP contribution in [0, 0.1) is 0 Å². The van der Waals surface area contributed by atoms with Crippen LogP contribution in [-0.4, -0.2) is 19.0 Å². The molecule has 0 saturated heterocycles. The molecule has 1 aliphatic carbocycles. The highest BCUT2D eigenvalue weighted by atomic mass is 15.0. The molecule has 0 aromatic heterocycles. The molecular weight excluding hydrogens is 350 g/mol. The molecule has 0 atom stereocenters. The minimum absolute atomic E-state index is 0.295. The first-order valence-corrected chi connectivity index (χ1v) is 10.2. The summed E-state index contributed by atoms with van der Waals surface area (Å²) in [4.78, 5) is 2.23. The SMILES string of the molecule is CN(C)Cc1ccc2c(c1)C(c1ccccc1)(c1ccccc1)c1ccccc1-2. The summed E-state index contributed by atoms with van der Waals surface area (Å²) in [5, 5.41) is 0. The van der Waals surface area contributed by atoms with Crippen LogP contribution in [0.1, 0.15) is 27.8 Å². The van der Waals surface area contributed by atoms with Gasteiger partial charge in [-0.3, -0.25) is 0 Å². The quantitative estimate of drug-likeness (QED) is 0.366. The number of fused-ring (bicyclic) bond motifs is 3. The second kappa shape index (κ2) is 7.02. The van der Waals surface area contributed by atoms with Gasteiger partial charge in [0.2, 0.25) is 0 Å². The molecule has 1 nitrogen and oxygen atoms in total. The molecule has 5 rings (SSSR count). The smallest absolute Gasteiger partial charge is 0.0713 e. The van der Waals surface area contributed by atoms with Crippen molar-refractivity contribution in [1.82, 2.24) is 4.90 Å². The van der Waals surface area contributed by atoms with E-state index in [2.05, 4.69) is 122 Å². The molecule has 0 radical (unpaired) electrons. The Bertz CT molecular complexity index is 1100. The van der Waals surface area contributed by atoms with E-state index in [9.17, 15) is 0 Å². The molecule has 0 amide bonds. The highest BCUT2D eigenvalue weighted by molar-refractivity contribution is 5.86. The van der Waals surface area contributed by atoms with Crippen molar-refractivity contribution >= 4 is 0 Å². The second-order valence-corrected chi connectivity index (χ2v) is 8.15. The molecule has 29 heavy (non-hydrogen) atoms. The third-order valence-corrected chi connectivity index (χ3v) is 6.02. The van der Waals surface area contributed by atoms with E-state index in [-0.39, 0.29) is 5.41 Å². The van der Waals surface area contributed by atoms with Crippen molar-refractivity contribution in [2.45, 2.75) is 12.0 Å². The fourth-order valence-corrected chi connectivity index (χ4v) is 4.96. The summed E-state index contributed by atoms with van der Waals surface area (Å²) in [7, 11) is 4.26. The van der Waals surface area contributed by atoms with Crippen LogP contribution < -0.4 is 0 Å². The third-order valence-electron chi connectivity index (χ3n) is 6.02. The van der Waals surface area contributed by atoms with Crippen molar-refractivity contribution in [3.05, 3.63) is 131 Å². The van der Waals surface area contributed by atoms with E-state index in [0.717, 1.165) is 6.54 Å². The maximum atomic E-state index is 2.43. The van der Waals surface area contributed by atoms with E-state index in [1.165, 1.54) is 38.9 Å². The zero-order chi connectivity index (χ0) is 19.8. The molecule has 0 spiro atoms. The molecule has 1 heteroatoms. The van der Waals surface area contributed by atoms with Gasteiger partial charge in [0, 0.05) is 6.54 Å². The average Bonchev–Trinajstić information content (AvgIpc) is 3.05. The Morgan fingerprint density at radius 2 is 1.14 bits per heavy atom. The third kappa shape index (κ3) is 2.73. The molecule has 0 fully saturated rings. The van der Waals surface area contributed by atoms with Crippen molar-refractivity contribution in [3.8, 4) is 11.1 Å². The van der Waals surface area contributed by atoms with Gasteiger partial charge in [0.15, 0.2) is 0 Å². The van der Waals surface area contributed by atoms with Gasteiger partial charge >= 0.3 is 0 Å². The topological polar surface area (TPSA) is 3.24 Å². The lowest BCUT2D eigenvalue weighted by atomic mass is 9.67. The van der Waals surface area contributed by atoms with Crippen molar-refractivity contribution in [3.63, 3.8) is 0 Å². The van der Waals surface area contributed by atoms with Gasteiger partial charge in [-0.1, -0.05) is 103 Å². The summed E-state index contributed by atoms with van der Waals surface area (Å²) in [5.41, 5.74) is 9.13. The monoisotopic (exact) mass is 375 g/mol. The molecule has 1 aliphatic rings. The zero-order valence-corrected chi connectivity index (χ0v) is 17.0. The lowest BCUT2D eigenvalue weighted by Gasteiger charge is -2.34. The summed E-state index contributed by atoms with van der Waals surface area (Å²) in [6, 6.07) is 37.9. The summed E-state index contributed by atoms with van der Waals surface area (Å²) in [6.45, 7) is 0.934. The molecule has 0 heterocycles. The largest absolute Gasteiger partial charge is 0.305 e. The fraction of sp³-hybridized carbons (Fsp3) is 0.143. The van der Waals surface area contributed by atoms with Gasteiger partial charge in [0.05, 0.1) is 5.41 Å². The predicted molar refractivity (Wildman–Crippen MR) is 121 cm³/mol. The fourth-order valence-electron chi connectivity index (χ4n) is 4.96. The van der Waals surface area contributed by atoms with Gasteiger partial charge in [0.1, 0.15) is 0 Å². The van der Waals surface area contributed by atoms with Crippen LogP contribution in [0.3, 0.4) is 0 Å². The first-order chi connectivity index (χ1) is 14.2. The number of rotatable bonds is 4. The molecule has 0 bridgehead atoms. The Kier molecular flexibility index (Phi) is 4.34. The molecule has 142 valence electrons. The van der Waals surface area contributed by atoms with Gasteiger partial charge in [-0.25, -0.2) is 0 Å². The Morgan fingerprint density at radius 1 is 0.586 bits per heavy atom. The Balaban J connectivity index is 1.90. The maximum Gasteiger partial charge on any atom is 0.0713 e. The number of benzene rings is 4. The molecule has 0 N–H and O–H groups in total. The highest BCUT2D eigenvalue weighted by Gasteiger charge is 2.45. The summed E-state index contributed by atoms with van der Waals surface area (Å²) in [6.07, 6.45) is 0. The van der Waals surface area contributed by atoms with Crippen LogP contribution in [0.15, 0.2) is 103 Å². The van der Waals surface area contributed by atoms with E-state index in [4.69, 9.17) is 0 Å². The van der Waals surface area contributed by atoms with Gasteiger partial charge in [-0.2, -0.15) is 0 Å². The zero-order valence-electron chi connectivity index (χ0n) is 17.0. The first kappa shape index (κ1) is 17.9. The van der Waals surface area contributed by atoms with Crippen LogP contribution in [0.4, 0.5) is 0 Å². The summed E-state index contributed by atoms with van der Waals surface area (Å²) in [5.74, 6) is 0.